The molecule has 0 aliphatic heterocycles. The van der Waals surface area contributed by atoms with Crippen molar-refractivity contribution in [3.05, 3.63) is 12.2 Å². The van der Waals surface area contributed by atoms with Crippen LogP contribution in [-0.2, 0) is 13.0 Å². The van der Waals surface area contributed by atoms with Gasteiger partial charge in [0.05, 0.1) is 0 Å². The van der Waals surface area contributed by atoms with Crippen molar-refractivity contribution in [3.8, 4) is 0 Å². The van der Waals surface area contributed by atoms with Crippen molar-refractivity contribution in [2.45, 2.75) is 59.9 Å². The van der Waals surface area contributed by atoms with Crippen LogP contribution in [0, 0.1) is 17.3 Å². The molecule has 1 aliphatic rings. The first-order chi connectivity index (χ1) is 9.55. The van der Waals surface area contributed by atoms with Crippen LogP contribution >= 0.6 is 0 Å². The highest BCUT2D eigenvalue weighted by Gasteiger charge is 2.42. The number of rotatable bonds is 9. The molecule has 0 spiro atoms. The van der Waals surface area contributed by atoms with E-state index in [4.69, 9.17) is 0 Å². The molecule has 1 aromatic rings. The van der Waals surface area contributed by atoms with Gasteiger partial charge in [0.2, 0.25) is 0 Å². The van der Waals surface area contributed by atoms with Crippen LogP contribution in [0.4, 0.5) is 0 Å². The summed E-state index contributed by atoms with van der Waals surface area (Å²) in [6, 6.07) is 0. The second kappa shape index (κ2) is 6.70. The predicted molar refractivity (Wildman–Crippen MR) is 82.6 cm³/mol. The molecule has 1 saturated carbocycles. The summed E-state index contributed by atoms with van der Waals surface area (Å²) >= 11 is 0. The van der Waals surface area contributed by atoms with Gasteiger partial charge < -0.3 is 5.32 Å². The summed E-state index contributed by atoms with van der Waals surface area (Å²) in [5, 5.41) is 8.02. The summed E-state index contributed by atoms with van der Waals surface area (Å²) in [5.74, 6) is 2.73. The topological polar surface area (TPSA) is 42.7 Å². The van der Waals surface area contributed by atoms with Gasteiger partial charge in [-0.3, -0.25) is 4.68 Å². The highest BCUT2D eigenvalue weighted by atomic mass is 15.3. The molecule has 0 bridgehead atoms. The van der Waals surface area contributed by atoms with Gasteiger partial charge in [0.1, 0.15) is 12.2 Å². The van der Waals surface area contributed by atoms with E-state index in [9.17, 15) is 0 Å². The van der Waals surface area contributed by atoms with Crippen molar-refractivity contribution in [3.63, 3.8) is 0 Å². The Bertz CT molecular complexity index is 408. The Balaban J connectivity index is 1.99. The van der Waals surface area contributed by atoms with Gasteiger partial charge in [0.15, 0.2) is 0 Å². The fourth-order valence-electron chi connectivity index (χ4n) is 2.96. The molecular weight excluding hydrogens is 248 g/mol. The minimum atomic E-state index is 0.327. The second-order valence-corrected chi connectivity index (χ2v) is 7.03. The van der Waals surface area contributed by atoms with Crippen molar-refractivity contribution in [2.24, 2.45) is 17.3 Å². The monoisotopic (exact) mass is 278 g/mol. The molecule has 1 heterocycles. The number of nitrogens with zero attached hydrogens (tertiary/aromatic N) is 3. The van der Waals surface area contributed by atoms with E-state index in [-0.39, 0.29) is 0 Å². The maximum Gasteiger partial charge on any atom is 0.138 e. The standard InChI is InChI=1S/C16H30N4/c1-5-8-20-15(18-12-19-20)9-16(4,14-6-7-14)11-17-10-13(2)3/h12-14,17H,5-11H2,1-4H3. The van der Waals surface area contributed by atoms with Crippen molar-refractivity contribution >= 4 is 0 Å². The van der Waals surface area contributed by atoms with E-state index < -0.39 is 0 Å². The Morgan fingerprint density at radius 2 is 2.20 bits per heavy atom. The quantitative estimate of drug-likeness (QED) is 0.755. The van der Waals surface area contributed by atoms with E-state index in [1.807, 2.05) is 0 Å². The smallest absolute Gasteiger partial charge is 0.138 e. The lowest BCUT2D eigenvalue weighted by atomic mass is 9.81. The molecule has 4 heteroatoms. The molecule has 1 fully saturated rings. The molecule has 0 saturated heterocycles. The third-order valence-electron chi connectivity index (χ3n) is 4.34. The largest absolute Gasteiger partial charge is 0.316 e. The summed E-state index contributed by atoms with van der Waals surface area (Å²) in [5.41, 5.74) is 0.327. The number of nitrogens with one attached hydrogen (secondary N) is 1. The lowest BCUT2D eigenvalue weighted by Gasteiger charge is -2.30. The Hall–Kier alpha value is -0.900. The first-order valence-electron chi connectivity index (χ1n) is 8.12. The second-order valence-electron chi connectivity index (χ2n) is 7.03. The molecule has 1 aliphatic carbocycles. The van der Waals surface area contributed by atoms with Crippen molar-refractivity contribution in [1.82, 2.24) is 20.1 Å². The van der Waals surface area contributed by atoms with Crippen LogP contribution in [0.3, 0.4) is 0 Å². The third kappa shape index (κ3) is 4.05. The van der Waals surface area contributed by atoms with Crippen molar-refractivity contribution in [2.75, 3.05) is 13.1 Å². The van der Waals surface area contributed by atoms with Gasteiger partial charge in [-0.2, -0.15) is 5.10 Å². The van der Waals surface area contributed by atoms with E-state index in [2.05, 4.69) is 47.8 Å². The molecule has 1 atom stereocenters. The van der Waals surface area contributed by atoms with Gasteiger partial charge in [-0.25, -0.2) is 4.98 Å². The zero-order valence-corrected chi connectivity index (χ0v) is 13.5. The Morgan fingerprint density at radius 3 is 2.80 bits per heavy atom. The molecule has 4 nitrogen and oxygen atoms in total. The number of hydrogen-bond acceptors (Lipinski definition) is 3. The SMILES string of the molecule is CCCn1ncnc1CC(C)(CNCC(C)C)C1CC1. The average Bonchev–Trinajstić information content (AvgIpc) is 3.15. The van der Waals surface area contributed by atoms with Gasteiger partial charge in [-0.1, -0.05) is 27.7 Å². The molecule has 0 radical (unpaired) electrons. The van der Waals surface area contributed by atoms with E-state index in [0.29, 0.717) is 11.3 Å². The van der Waals surface area contributed by atoms with Crippen LogP contribution in [-0.4, -0.2) is 27.9 Å². The Kier molecular flexibility index (Phi) is 5.19. The first-order valence-corrected chi connectivity index (χ1v) is 8.12. The van der Waals surface area contributed by atoms with Crippen LogP contribution < -0.4 is 5.32 Å². The zero-order chi connectivity index (χ0) is 14.6. The fraction of sp³-hybridized carbons (Fsp3) is 0.875. The van der Waals surface area contributed by atoms with Crippen LogP contribution in [0.2, 0.25) is 0 Å². The molecular formula is C16H30N4. The lowest BCUT2D eigenvalue weighted by molar-refractivity contribution is 0.243. The molecule has 1 N–H and O–H groups in total. The molecule has 0 amide bonds. The highest BCUT2D eigenvalue weighted by Crippen LogP contribution is 2.46. The third-order valence-corrected chi connectivity index (χ3v) is 4.34. The summed E-state index contributed by atoms with van der Waals surface area (Å²) in [6.07, 6.45) is 6.62. The molecule has 114 valence electrons. The maximum atomic E-state index is 4.50. The number of hydrogen-bond donors (Lipinski definition) is 1. The van der Waals surface area contributed by atoms with E-state index >= 15 is 0 Å². The van der Waals surface area contributed by atoms with Gasteiger partial charge in [-0.15, -0.1) is 0 Å². The summed E-state index contributed by atoms with van der Waals surface area (Å²) in [4.78, 5) is 4.50. The van der Waals surface area contributed by atoms with Gasteiger partial charge >= 0.3 is 0 Å². The van der Waals surface area contributed by atoms with Crippen LogP contribution in [0.15, 0.2) is 6.33 Å². The van der Waals surface area contributed by atoms with Crippen LogP contribution in [0.5, 0.6) is 0 Å². The number of aromatic nitrogens is 3. The molecule has 20 heavy (non-hydrogen) atoms. The van der Waals surface area contributed by atoms with Crippen molar-refractivity contribution in [1.29, 1.82) is 0 Å². The molecule has 2 rings (SSSR count). The van der Waals surface area contributed by atoms with Crippen molar-refractivity contribution < 1.29 is 0 Å². The number of aryl methyl sites for hydroxylation is 1. The molecule has 1 unspecified atom stereocenters. The van der Waals surface area contributed by atoms with E-state index in [1.54, 1.807) is 6.33 Å². The summed E-state index contributed by atoms with van der Waals surface area (Å²) < 4.78 is 2.09. The van der Waals surface area contributed by atoms with E-state index in [0.717, 1.165) is 44.2 Å². The Labute approximate surface area is 123 Å². The average molecular weight is 278 g/mol. The minimum Gasteiger partial charge on any atom is -0.316 e. The fourth-order valence-corrected chi connectivity index (χ4v) is 2.96. The minimum absolute atomic E-state index is 0.327. The normalized spacial score (nSPS) is 18.4. The van der Waals surface area contributed by atoms with Gasteiger partial charge in [0, 0.05) is 19.5 Å². The lowest BCUT2D eigenvalue weighted by Crippen LogP contribution is -2.37. The molecule has 1 aromatic heterocycles. The zero-order valence-electron chi connectivity index (χ0n) is 13.5. The predicted octanol–water partition coefficient (Wildman–Crippen LogP) is 2.89. The maximum absolute atomic E-state index is 4.50. The van der Waals surface area contributed by atoms with Crippen LogP contribution in [0.25, 0.3) is 0 Å². The highest BCUT2D eigenvalue weighted by molar-refractivity contribution is 5.00. The van der Waals surface area contributed by atoms with Crippen LogP contribution in [0.1, 0.15) is 52.8 Å². The summed E-state index contributed by atoms with van der Waals surface area (Å²) in [7, 11) is 0. The Morgan fingerprint density at radius 1 is 1.45 bits per heavy atom. The molecule has 0 aromatic carbocycles. The van der Waals surface area contributed by atoms with Gasteiger partial charge in [0.25, 0.3) is 0 Å². The van der Waals surface area contributed by atoms with Gasteiger partial charge in [-0.05, 0) is 43.1 Å². The summed E-state index contributed by atoms with van der Waals surface area (Å²) in [6.45, 7) is 12.3. The first kappa shape index (κ1) is 15.5. The van der Waals surface area contributed by atoms with E-state index in [1.165, 1.54) is 12.8 Å².